The zero-order valence-corrected chi connectivity index (χ0v) is 11.3. The lowest BCUT2D eigenvalue weighted by Gasteiger charge is -2.16. The van der Waals surface area contributed by atoms with Crippen LogP contribution in [-0.2, 0) is 19.8 Å². The summed E-state index contributed by atoms with van der Waals surface area (Å²) in [4.78, 5) is 0. The van der Waals surface area contributed by atoms with Gasteiger partial charge in [-0.15, -0.1) is 12.8 Å². The molecular weight excluding hydrogens is 271 g/mol. The molecule has 0 aliphatic carbocycles. The van der Waals surface area contributed by atoms with Gasteiger partial charge in [0.05, 0.1) is 6.16 Å². The Labute approximate surface area is 112 Å². The van der Waals surface area contributed by atoms with Gasteiger partial charge in [-0.05, 0) is 17.7 Å². The monoisotopic (exact) mass is 282 g/mol. The molecule has 1 aromatic rings. The second-order valence-corrected chi connectivity index (χ2v) is 5.84. The van der Waals surface area contributed by atoms with Crippen LogP contribution >= 0.6 is 19.2 Å². The van der Waals surface area contributed by atoms with Gasteiger partial charge in [0.2, 0.25) is 0 Å². The zero-order chi connectivity index (χ0) is 13.4. The minimum atomic E-state index is -3.32. The molecule has 0 amide bonds. The number of hydrogen-bond donors (Lipinski definition) is 0. The molecule has 0 heterocycles. The van der Waals surface area contributed by atoms with Gasteiger partial charge in [-0.3, -0.25) is 13.6 Å². The second kappa shape index (κ2) is 7.27. The Morgan fingerprint density at radius 1 is 1.11 bits per heavy atom. The summed E-state index contributed by atoms with van der Waals surface area (Å²) in [5, 5.41) is 0.600. The van der Waals surface area contributed by atoms with Crippen LogP contribution in [0.1, 0.15) is 5.56 Å². The highest BCUT2D eigenvalue weighted by Gasteiger charge is 2.24. The first-order chi connectivity index (χ1) is 8.59. The third kappa shape index (κ3) is 4.96. The molecule has 0 saturated heterocycles. The molecule has 0 aliphatic heterocycles. The Bertz CT molecular complexity index is 489. The van der Waals surface area contributed by atoms with E-state index in [1.54, 1.807) is 24.3 Å². The molecule has 0 aliphatic rings. The third-order valence-electron chi connectivity index (χ3n) is 1.98. The van der Waals surface area contributed by atoms with E-state index in [1.165, 1.54) is 0 Å². The highest BCUT2D eigenvalue weighted by atomic mass is 35.5. The number of terminal acetylenes is 2. The molecule has 0 saturated carbocycles. The number of halogens is 1. The smallest absolute Gasteiger partial charge is 0.295 e. The van der Waals surface area contributed by atoms with Crippen LogP contribution < -0.4 is 0 Å². The highest BCUT2D eigenvalue weighted by molar-refractivity contribution is 7.53. The molecule has 5 heteroatoms. The van der Waals surface area contributed by atoms with Crippen molar-refractivity contribution in [3.63, 3.8) is 0 Å². The topological polar surface area (TPSA) is 35.5 Å². The fraction of sp³-hybridized carbons (Fsp3) is 0.231. The van der Waals surface area contributed by atoms with E-state index in [9.17, 15) is 4.57 Å². The highest BCUT2D eigenvalue weighted by Crippen LogP contribution is 2.51. The van der Waals surface area contributed by atoms with Gasteiger partial charge >= 0.3 is 7.60 Å². The average Bonchev–Trinajstić information content (AvgIpc) is 2.37. The summed E-state index contributed by atoms with van der Waals surface area (Å²) in [7, 11) is -3.32. The molecule has 1 rings (SSSR count). The molecule has 0 fully saturated rings. The summed E-state index contributed by atoms with van der Waals surface area (Å²) in [5.74, 6) is 4.49. The molecule has 18 heavy (non-hydrogen) atoms. The normalized spacial score (nSPS) is 10.6. The summed E-state index contributed by atoms with van der Waals surface area (Å²) >= 11 is 5.77. The fourth-order valence-electron chi connectivity index (χ4n) is 1.21. The standard InChI is InChI=1S/C13H12ClO3P/c1-3-9-16-18(15,17-10-4-2)11-12-5-7-13(14)8-6-12/h1-2,5-8H,9-11H2. The van der Waals surface area contributed by atoms with Crippen molar-refractivity contribution >= 4 is 19.2 Å². The predicted molar refractivity (Wildman–Crippen MR) is 72.3 cm³/mol. The van der Waals surface area contributed by atoms with Gasteiger partial charge < -0.3 is 0 Å². The molecule has 0 unspecified atom stereocenters. The third-order valence-corrected chi connectivity index (χ3v) is 4.03. The lowest BCUT2D eigenvalue weighted by Crippen LogP contribution is -2.00. The van der Waals surface area contributed by atoms with E-state index in [0.717, 1.165) is 5.56 Å². The molecule has 1 aromatic carbocycles. The van der Waals surface area contributed by atoms with Crippen LogP contribution in [0.25, 0.3) is 0 Å². The number of rotatable bonds is 6. The summed E-state index contributed by atoms with van der Waals surface area (Å²) in [6.07, 6.45) is 10.2. The van der Waals surface area contributed by atoms with Gasteiger partial charge in [0.15, 0.2) is 0 Å². The van der Waals surface area contributed by atoms with Gasteiger partial charge in [-0.2, -0.15) is 0 Å². The van der Waals surface area contributed by atoms with Crippen molar-refractivity contribution in [2.45, 2.75) is 6.16 Å². The maximum Gasteiger partial charge on any atom is 0.336 e. The van der Waals surface area contributed by atoms with Crippen LogP contribution in [0.2, 0.25) is 5.02 Å². The van der Waals surface area contributed by atoms with Crippen molar-refractivity contribution in [1.82, 2.24) is 0 Å². The largest absolute Gasteiger partial charge is 0.336 e. The van der Waals surface area contributed by atoms with E-state index in [4.69, 9.17) is 33.5 Å². The van der Waals surface area contributed by atoms with Crippen molar-refractivity contribution in [3.05, 3.63) is 34.9 Å². The number of hydrogen-bond acceptors (Lipinski definition) is 3. The van der Waals surface area contributed by atoms with Crippen LogP contribution in [0.3, 0.4) is 0 Å². The SMILES string of the molecule is C#CCOP(=O)(Cc1ccc(Cl)cc1)OCC#C. The lowest BCUT2D eigenvalue weighted by atomic mass is 10.2. The first kappa shape index (κ1) is 14.8. The first-order valence-corrected chi connectivity index (χ1v) is 7.20. The molecule has 0 N–H and O–H groups in total. The Morgan fingerprint density at radius 3 is 2.06 bits per heavy atom. The summed E-state index contributed by atoms with van der Waals surface area (Å²) in [6.45, 7) is -0.176. The fourth-order valence-corrected chi connectivity index (χ4v) is 2.80. The Hall–Kier alpha value is -1.22. The Balaban J connectivity index is 2.78. The molecule has 0 aromatic heterocycles. The first-order valence-electron chi connectivity index (χ1n) is 5.09. The molecule has 0 atom stereocenters. The van der Waals surface area contributed by atoms with Gasteiger partial charge in [0.25, 0.3) is 0 Å². The maximum absolute atomic E-state index is 12.3. The van der Waals surface area contributed by atoms with Crippen LogP contribution in [0.4, 0.5) is 0 Å². The Kier molecular flexibility index (Phi) is 5.99. The summed E-state index contributed by atoms with van der Waals surface area (Å²) in [6, 6.07) is 6.88. The molecule has 0 spiro atoms. The molecule has 94 valence electrons. The minimum absolute atomic E-state index is 0.0879. The molecule has 0 bridgehead atoms. The minimum Gasteiger partial charge on any atom is -0.295 e. The Morgan fingerprint density at radius 2 is 1.61 bits per heavy atom. The molecule has 0 radical (unpaired) electrons. The van der Waals surface area contributed by atoms with Crippen LogP contribution in [0, 0.1) is 24.7 Å². The van der Waals surface area contributed by atoms with Gasteiger partial charge in [0, 0.05) is 5.02 Å². The van der Waals surface area contributed by atoms with Crippen molar-refractivity contribution in [1.29, 1.82) is 0 Å². The van der Waals surface area contributed by atoms with Crippen LogP contribution in [-0.4, -0.2) is 13.2 Å². The van der Waals surface area contributed by atoms with E-state index < -0.39 is 7.60 Å². The van der Waals surface area contributed by atoms with Crippen LogP contribution in [0.5, 0.6) is 0 Å². The van der Waals surface area contributed by atoms with Crippen molar-refractivity contribution in [3.8, 4) is 24.7 Å². The van der Waals surface area contributed by atoms with Crippen molar-refractivity contribution < 1.29 is 13.6 Å². The zero-order valence-electron chi connectivity index (χ0n) is 9.64. The molecular formula is C13H12ClO3P. The number of benzene rings is 1. The predicted octanol–water partition coefficient (Wildman–Crippen LogP) is 3.33. The van der Waals surface area contributed by atoms with Crippen molar-refractivity contribution in [2.75, 3.05) is 13.2 Å². The van der Waals surface area contributed by atoms with E-state index >= 15 is 0 Å². The summed E-state index contributed by atoms with van der Waals surface area (Å²) in [5.41, 5.74) is 0.775. The van der Waals surface area contributed by atoms with E-state index in [1.807, 2.05) is 0 Å². The van der Waals surface area contributed by atoms with Gasteiger partial charge in [0.1, 0.15) is 13.2 Å². The maximum atomic E-state index is 12.3. The second-order valence-electron chi connectivity index (χ2n) is 3.35. The van der Waals surface area contributed by atoms with E-state index in [2.05, 4.69) is 11.8 Å². The quantitative estimate of drug-likeness (QED) is 0.593. The summed E-state index contributed by atoms with van der Waals surface area (Å²) < 4.78 is 22.5. The van der Waals surface area contributed by atoms with E-state index in [0.29, 0.717) is 5.02 Å². The average molecular weight is 283 g/mol. The lowest BCUT2D eigenvalue weighted by molar-refractivity contribution is 0.241. The van der Waals surface area contributed by atoms with Gasteiger partial charge in [-0.1, -0.05) is 35.6 Å². The molecule has 3 nitrogen and oxygen atoms in total. The van der Waals surface area contributed by atoms with Gasteiger partial charge in [-0.25, -0.2) is 0 Å². The van der Waals surface area contributed by atoms with Crippen molar-refractivity contribution in [2.24, 2.45) is 0 Å². The van der Waals surface area contributed by atoms with Crippen LogP contribution in [0.15, 0.2) is 24.3 Å². The van der Waals surface area contributed by atoms with E-state index in [-0.39, 0.29) is 19.4 Å².